The average Bonchev–Trinajstić information content (AvgIpc) is 2.87. The van der Waals surface area contributed by atoms with Gasteiger partial charge < -0.3 is 20.6 Å². The van der Waals surface area contributed by atoms with Crippen LogP contribution in [0, 0.1) is 0 Å². The molecule has 0 bridgehead atoms. The highest BCUT2D eigenvalue weighted by atomic mass is 16.4. The lowest BCUT2D eigenvalue weighted by atomic mass is 9.99. The summed E-state index contributed by atoms with van der Waals surface area (Å²) in [5.41, 5.74) is 9.17. The Morgan fingerprint density at radius 2 is 2.21 bits per heavy atom. The summed E-state index contributed by atoms with van der Waals surface area (Å²) in [7, 11) is 0. The van der Waals surface area contributed by atoms with Gasteiger partial charge in [-0.2, -0.15) is 0 Å². The lowest BCUT2D eigenvalue weighted by Crippen LogP contribution is -2.41. The molecule has 1 aromatic rings. The second-order valence-corrected chi connectivity index (χ2v) is 5.36. The van der Waals surface area contributed by atoms with Crippen LogP contribution in [-0.2, 0) is 6.42 Å². The lowest BCUT2D eigenvalue weighted by Gasteiger charge is -2.36. The van der Waals surface area contributed by atoms with Crippen molar-refractivity contribution in [3.05, 3.63) is 23.8 Å². The Hall–Kier alpha value is -1.91. The quantitative estimate of drug-likeness (QED) is 0.756. The molecule has 2 aliphatic rings. The first-order chi connectivity index (χ1) is 9.15. The maximum atomic E-state index is 11.0. The standard InChI is InChI=1S/C14H19N3O2/c15-11-3-4-13-10(8-11)2-1-6-17(13)12-5-7-16(9-12)14(18)19/h3-4,8,12H,1-2,5-7,9,15H2,(H,18,19). The molecule has 3 rings (SSSR count). The molecule has 5 nitrogen and oxygen atoms in total. The molecule has 2 aliphatic heterocycles. The number of carbonyl (C=O) groups is 1. The summed E-state index contributed by atoms with van der Waals surface area (Å²) < 4.78 is 0. The maximum Gasteiger partial charge on any atom is 0.407 e. The Labute approximate surface area is 112 Å². The van der Waals surface area contributed by atoms with E-state index >= 15 is 0 Å². The predicted octanol–water partition coefficient (Wildman–Crippen LogP) is 1.77. The van der Waals surface area contributed by atoms with Crippen LogP contribution in [0.2, 0.25) is 0 Å². The zero-order valence-electron chi connectivity index (χ0n) is 10.9. The van der Waals surface area contributed by atoms with E-state index in [4.69, 9.17) is 10.8 Å². The molecule has 1 aromatic carbocycles. The number of anilines is 2. The Kier molecular flexibility index (Phi) is 2.97. The molecule has 1 unspecified atom stereocenters. The first-order valence-corrected chi connectivity index (χ1v) is 6.78. The molecule has 1 atom stereocenters. The topological polar surface area (TPSA) is 69.8 Å². The number of nitrogens with zero attached hydrogens (tertiary/aromatic N) is 2. The van der Waals surface area contributed by atoms with Crippen LogP contribution in [0.25, 0.3) is 0 Å². The second-order valence-electron chi connectivity index (χ2n) is 5.36. The molecule has 5 heteroatoms. The Morgan fingerprint density at radius 3 is 2.95 bits per heavy atom. The van der Waals surface area contributed by atoms with E-state index in [-0.39, 0.29) is 0 Å². The van der Waals surface area contributed by atoms with Crippen molar-refractivity contribution in [1.29, 1.82) is 0 Å². The molecule has 0 radical (unpaired) electrons. The summed E-state index contributed by atoms with van der Waals surface area (Å²) in [5.74, 6) is 0. The van der Waals surface area contributed by atoms with Crippen molar-refractivity contribution >= 4 is 17.5 Å². The van der Waals surface area contributed by atoms with Crippen LogP contribution in [0.15, 0.2) is 18.2 Å². The number of likely N-dealkylation sites (tertiary alicyclic amines) is 1. The molecule has 1 saturated heterocycles. The van der Waals surface area contributed by atoms with E-state index in [9.17, 15) is 4.79 Å². The van der Waals surface area contributed by atoms with Gasteiger partial charge in [0.25, 0.3) is 0 Å². The Balaban J connectivity index is 1.82. The zero-order chi connectivity index (χ0) is 13.4. The van der Waals surface area contributed by atoms with Crippen molar-refractivity contribution in [1.82, 2.24) is 4.90 Å². The smallest absolute Gasteiger partial charge is 0.407 e. The third-order valence-electron chi connectivity index (χ3n) is 4.13. The number of fused-ring (bicyclic) bond motifs is 1. The van der Waals surface area contributed by atoms with E-state index in [1.807, 2.05) is 12.1 Å². The third-order valence-corrected chi connectivity index (χ3v) is 4.13. The van der Waals surface area contributed by atoms with Gasteiger partial charge in [-0.05, 0) is 43.0 Å². The first kappa shape index (κ1) is 12.1. The van der Waals surface area contributed by atoms with Crippen molar-refractivity contribution in [2.24, 2.45) is 0 Å². The summed E-state index contributed by atoms with van der Waals surface area (Å²) in [6.45, 7) is 2.26. The number of amides is 1. The first-order valence-electron chi connectivity index (χ1n) is 6.78. The van der Waals surface area contributed by atoms with Crippen LogP contribution in [0.4, 0.5) is 16.2 Å². The van der Waals surface area contributed by atoms with Crippen molar-refractivity contribution in [3.63, 3.8) is 0 Å². The molecule has 1 fully saturated rings. The number of rotatable bonds is 1. The minimum atomic E-state index is -0.808. The van der Waals surface area contributed by atoms with Crippen LogP contribution in [0.3, 0.4) is 0 Å². The van der Waals surface area contributed by atoms with Gasteiger partial charge in [-0.1, -0.05) is 0 Å². The summed E-state index contributed by atoms with van der Waals surface area (Å²) >= 11 is 0. The normalized spacial score (nSPS) is 22.4. The number of nitrogen functional groups attached to an aromatic ring is 1. The van der Waals surface area contributed by atoms with Crippen molar-refractivity contribution in [2.45, 2.75) is 25.3 Å². The Bertz CT molecular complexity index is 503. The highest BCUT2D eigenvalue weighted by Gasteiger charge is 2.32. The van der Waals surface area contributed by atoms with Gasteiger partial charge in [0.15, 0.2) is 0 Å². The number of hydrogen-bond acceptors (Lipinski definition) is 3. The number of hydrogen-bond donors (Lipinski definition) is 2. The maximum absolute atomic E-state index is 11.0. The van der Waals surface area contributed by atoms with E-state index < -0.39 is 6.09 Å². The van der Waals surface area contributed by atoms with Crippen LogP contribution < -0.4 is 10.6 Å². The van der Waals surface area contributed by atoms with Crippen molar-refractivity contribution in [3.8, 4) is 0 Å². The molecule has 1 amide bonds. The average molecular weight is 261 g/mol. The molecule has 0 saturated carbocycles. The lowest BCUT2D eigenvalue weighted by molar-refractivity contribution is 0.155. The van der Waals surface area contributed by atoms with E-state index in [1.165, 1.54) is 16.2 Å². The predicted molar refractivity (Wildman–Crippen MR) is 74.5 cm³/mol. The second kappa shape index (κ2) is 4.64. The fraction of sp³-hybridized carbons (Fsp3) is 0.500. The summed E-state index contributed by atoms with van der Waals surface area (Å²) in [5, 5.41) is 9.05. The molecule has 0 aliphatic carbocycles. The molecular formula is C14H19N3O2. The SMILES string of the molecule is Nc1ccc2c(c1)CCCN2C1CCN(C(=O)O)C1. The number of benzene rings is 1. The summed E-state index contributed by atoms with van der Waals surface area (Å²) in [6, 6.07) is 6.36. The van der Waals surface area contributed by atoms with Gasteiger partial charge in [0.2, 0.25) is 0 Å². The monoisotopic (exact) mass is 261 g/mol. The van der Waals surface area contributed by atoms with Gasteiger partial charge in [-0.3, -0.25) is 0 Å². The van der Waals surface area contributed by atoms with Gasteiger partial charge in [-0.25, -0.2) is 4.79 Å². The highest BCUT2D eigenvalue weighted by Crippen LogP contribution is 2.32. The highest BCUT2D eigenvalue weighted by molar-refractivity contribution is 5.66. The molecule has 3 N–H and O–H groups in total. The van der Waals surface area contributed by atoms with Crippen LogP contribution >= 0.6 is 0 Å². The van der Waals surface area contributed by atoms with Crippen LogP contribution in [-0.4, -0.2) is 41.8 Å². The van der Waals surface area contributed by atoms with Gasteiger partial charge in [0.05, 0.1) is 0 Å². The minimum Gasteiger partial charge on any atom is -0.465 e. The van der Waals surface area contributed by atoms with Crippen LogP contribution in [0.5, 0.6) is 0 Å². The molecule has 102 valence electrons. The van der Waals surface area contributed by atoms with Gasteiger partial charge in [0.1, 0.15) is 0 Å². The zero-order valence-corrected chi connectivity index (χ0v) is 10.9. The summed E-state index contributed by atoms with van der Waals surface area (Å²) in [6.07, 6.45) is 2.28. The fourth-order valence-electron chi connectivity index (χ4n) is 3.20. The van der Waals surface area contributed by atoms with E-state index in [2.05, 4.69) is 11.0 Å². The molecule has 2 heterocycles. The van der Waals surface area contributed by atoms with Gasteiger partial charge in [-0.15, -0.1) is 0 Å². The summed E-state index contributed by atoms with van der Waals surface area (Å²) in [4.78, 5) is 14.9. The van der Waals surface area contributed by atoms with E-state index in [0.717, 1.165) is 31.5 Å². The van der Waals surface area contributed by atoms with Gasteiger partial charge in [0, 0.05) is 37.1 Å². The largest absolute Gasteiger partial charge is 0.465 e. The Morgan fingerprint density at radius 1 is 1.37 bits per heavy atom. The molecule has 19 heavy (non-hydrogen) atoms. The minimum absolute atomic E-state index is 0.304. The third kappa shape index (κ3) is 2.20. The van der Waals surface area contributed by atoms with Crippen LogP contribution in [0.1, 0.15) is 18.4 Å². The number of nitrogens with two attached hydrogens (primary N) is 1. The number of carboxylic acid groups (broad SMARTS) is 1. The van der Waals surface area contributed by atoms with E-state index in [1.54, 1.807) is 0 Å². The number of aryl methyl sites for hydroxylation is 1. The molecule has 0 aromatic heterocycles. The van der Waals surface area contributed by atoms with E-state index in [0.29, 0.717) is 19.1 Å². The molecule has 0 spiro atoms. The van der Waals surface area contributed by atoms with Gasteiger partial charge >= 0.3 is 6.09 Å². The molecular weight excluding hydrogens is 242 g/mol. The van der Waals surface area contributed by atoms with Crippen molar-refractivity contribution < 1.29 is 9.90 Å². The fourth-order valence-corrected chi connectivity index (χ4v) is 3.20. The van der Waals surface area contributed by atoms with Crippen molar-refractivity contribution in [2.75, 3.05) is 30.3 Å².